The predicted molar refractivity (Wildman–Crippen MR) is 91.9 cm³/mol. The second-order valence-electron chi connectivity index (χ2n) is 4.41. The molecule has 1 amide bonds. The highest BCUT2D eigenvalue weighted by Gasteiger charge is 2.17. The minimum Gasteiger partial charge on any atom is -0.360 e. The van der Waals surface area contributed by atoms with E-state index in [4.69, 9.17) is 11.6 Å². The molecule has 2 N–H and O–H groups in total. The van der Waals surface area contributed by atoms with Crippen LogP contribution in [-0.2, 0) is 4.79 Å². The predicted octanol–water partition coefficient (Wildman–Crippen LogP) is 3.53. The highest BCUT2D eigenvalue weighted by atomic mass is 35.5. The van der Waals surface area contributed by atoms with Gasteiger partial charge in [0.15, 0.2) is 4.34 Å². The van der Waals surface area contributed by atoms with Crippen molar-refractivity contribution >= 4 is 51.6 Å². The van der Waals surface area contributed by atoms with Crippen LogP contribution in [0, 0.1) is 0 Å². The summed E-state index contributed by atoms with van der Waals surface area (Å²) in [5, 5.41) is 15.0. The van der Waals surface area contributed by atoms with Crippen molar-refractivity contribution in [3.63, 3.8) is 0 Å². The molecule has 0 aliphatic carbocycles. The number of hydrogen-bond acceptors (Lipinski definition) is 7. The Balaban J connectivity index is 1.87. The average molecular weight is 358 g/mol. The molecule has 2 heterocycles. The van der Waals surface area contributed by atoms with Gasteiger partial charge in [-0.05, 0) is 25.5 Å². The van der Waals surface area contributed by atoms with Gasteiger partial charge in [0.2, 0.25) is 11.0 Å². The van der Waals surface area contributed by atoms with Crippen LogP contribution in [0.2, 0.25) is 5.02 Å². The zero-order chi connectivity index (χ0) is 15.9. The summed E-state index contributed by atoms with van der Waals surface area (Å²) in [4.78, 5) is 16.2. The number of pyridine rings is 1. The summed E-state index contributed by atoms with van der Waals surface area (Å²) in [6.45, 7) is 4.76. The number of hydrogen-bond donors (Lipinski definition) is 2. The van der Waals surface area contributed by atoms with Gasteiger partial charge in [0.05, 0.1) is 10.3 Å². The number of nitrogens with one attached hydrogen (secondary N) is 2. The SMILES string of the molecule is CCCNc1nnc(SC(C)C(=O)Nc2ccc(Cl)cn2)s1. The Labute approximate surface area is 142 Å². The van der Waals surface area contributed by atoms with E-state index in [0.29, 0.717) is 10.8 Å². The Bertz CT molecular complexity index is 619. The molecule has 118 valence electrons. The zero-order valence-electron chi connectivity index (χ0n) is 12.2. The van der Waals surface area contributed by atoms with Gasteiger partial charge in [-0.2, -0.15) is 0 Å². The quantitative estimate of drug-likeness (QED) is 0.738. The fourth-order valence-corrected chi connectivity index (χ4v) is 3.48. The number of nitrogens with zero attached hydrogens (tertiary/aromatic N) is 3. The standard InChI is InChI=1S/C13H16ClN5OS2/c1-3-6-15-12-18-19-13(22-12)21-8(2)11(20)17-10-5-4-9(14)7-16-10/h4-5,7-8H,3,6H2,1-2H3,(H,15,18)(H,16,17,20). The average Bonchev–Trinajstić information content (AvgIpc) is 2.95. The highest BCUT2D eigenvalue weighted by Crippen LogP contribution is 2.29. The van der Waals surface area contributed by atoms with Gasteiger partial charge in [-0.3, -0.25) is 4.79 Å². The Hall–Kier alpha value is -1.38. The van der Waals surface area contributed by atoms with Crippen molar-refractivity contribution in [2.75, 3.05) is 17.2 Å². The smallest absolute Gasteiger partial charge is 0.238 e. The first-order chi connectivity index (χ1) is 10.6. The molecule has 0 bridgehead atoms. The number of amides is 1. The van der Waals surface area contributed by atoms with Crippen LogP contribution >= 0.6 is 34.7 Å². The van der Waals surface area contributed by atoms with Gasteiger partial charge in [-0.25, -0.2) is 4.98 Å². The minimum absolute atomic E-state index is 0.141. The molecule has 2 rings (SSSR count). The third-order valence-corrected chi connectivity index (χ3v) is 4.85. The molecule has 2 aromatic heterocycles. The van der Waals surface area contributed by atoms with Crippen LogP contribution < -0.4 is 10.6 Å². The second kappa shape index (κ2) is 8.30. The molecule has 0 aliphatic heterocycles. The molecule has 0 saturated carbocycles. The number of carbonyl (C=O) groups excluding carboxylic acids is 1. The molecule has 22 heavy (non-hydrogen) atoms. The number of carbonyl (C=O) groups is 1. The van der Waals surface area contributed by atoms with Crippen molar-refractivity contribution in [2.24, 2.45) is 0 Å². The lowest BCUT2D eigenvalue weighted by atomic mass is 10.4. The van der Waals surface area contributed by atoms with E-state index in [9.17, 15) is 4.79 Å². The molecular formula is C13H16ClN5OS2. The Morgan fingerprint density at radius 2 is 2.27 bits per heavy atom. The number of rotatable bonds is 7. The summed E-state index contributed by atoms with van der Waals surface area (Å²) < 4.78 is 0.755. The molecule has 0 saturated heterocycles. The van der Waals surface area contributed by atoms with Crippen molar-refractivity contribution in [1.82, 2.24) is 15.2 Å². The van der Waals surface area contributed by atoms with Crippen LogP contribution in [0.1, 0.15) is 20.3 Å². The molecule has 1 atom stereocenters. The first-order valence-corrected chi connectivity index (χ1v) is 8.82. The van der Waals surface area contributed by atoms with Crippen LogP contribution in [0.3, 0.4) is 0 Å². The Kier molecular flexibility index (Phi) is 6.41. The summed E-state index contributed by atoms with van der Waals surface area (Å²) in [5.74, 6) is 0.336. The summed E-state index contributed by atoms with van der Waals surface area (Å²) in [7, 11) is 0. The van der Waals surface area contributed by atoms with Crippen molar-refractivity contribution in [1.29, 1.82) is 0 Å². The van der Waals surface area contributed by atoms with Crippen molar-refractivity contribution in [3.8, 4) is 0 Å². The maximum absolute atomic E-state index is 12.1. The maximum Gasteiger partial charge on any atom is 0.238 e. The zero-order valence-corrected chi connectivity index (χ0v) is 14.6. The minimum atomic E-state index is -0.301. The Morgan fingerprint density at radius 1 is 1.45 bits per heavy atom. The topological polar surface area (TPSA) is 79.8 Å². The summed E-state index contributed by atoms with van der Waals surface area (Å²) in [5.41, 5.74) is 0. The second-order valence-corrected chi connectivity index (χ2v) is 7.41. The van der Waals surface area contributed by atoms with Crippen molar-refractivity contribution in [2.45, 2.75) is 29.9 Å². The van der Waals surface area contributed by atoms with E-state index in [1.807, 2.05) is 6.92 Å². The molecular weight excluding hydrogens is 342 g/mol. The van der Waals surface area contributed by atoms with Crippen LogP contribution in [0.15, 0.2) is 22.7 Å². The van der Waals surface area contributed by atoms with Crippen LogP contribution in [-0.4, -0.2) is 32.9 Å². The maximum atomic E-state index is 12.1. The lowest BCUT2D eigenvalue weighted by Gasteiger charge is -2.09. The van der Waals surface area contributed by atoms with E-state index in [1.54, 1.807) is 12.1 Å². The van der Waals surface area contributed by atoms with Gasteiger partial charge in [0.1, 0.15) is 5.82 Å². The number of aromatic nitrogens is 3. The molecule has 0 aliphatic rings. The van der Waals surface area contributed by atoms with Crippen LogP contribution in [0.25, 0.3) is 0 Å². The highest BCUT2D eigenvalue weighted by molar-refractivity contribution is 8.02. The number of halogens is 1. The largest absolute Gasteiger partial charge is 0.360 e. The fourth-order valence-electron chi connectivity index (χ4n) is 1.44. The van der Waals surface area contributed by atoms with E-state index in [-0.39, 0.29) is 11.2 Å². The molecule has 0 radical (unpaired) electrons. The lowest BCUT2D eigenvalue weighted by Crippen LogP contribution is -2.22. The molecule has 0 fully saturated rings. The van der Waals surface area contributed by atoms with E-state index < -0.39 is 0 Å². The lowest BCUT2D eigenvalue weighted by molar-refractivity contribution is -0.115. The molecule has 6 nitrogen and oxygen atoms in total. The first-order valence-electron chi connectivity index (χ1n) is 6.75. The molecule has 2 aromatic rings. The van der Waals surface area contributed by atoms with Crippen molar-refractivity contribution < 1.29 is 4.79 Å². The third-order valence-electron chi connectivity index (χ3n) is 2.56. The van der Waals surface area contributed by atoms with Gasteiger partial charge in [-0.15, -0.1) is 10.2 Å². The van der Waals surface area contributed by atoms with Gasteiger partial charge in [0.25, 0.3) is 0 Å². The van der Waals surface area contributed by atoms with Crippen LogP contribution in [0.4, 0.5) is 10.9 Å². The van der Waals surface area contributed by atoms with Gasteiger partial charge >= 0.3 is 0 Å². The van der Waals surface area contributed by atoms with E-state index in [1.165, 1.54) is 29.3 Å². The monoisotopic (exact) mass is 357 g/mol. The number of thioether (sulfide) groups is 1. The summed E-state index contributed by atoms with van der Waals surface area (Å²) >= 11 is 8.57. The van der Waals surface area contributed by atoms with Gasteiger partial charge in [-0.1, -0.05) is 41.6 Å². The van der Waals surface area contributed by atoms with E-state index >= 15 is 0 Å². The third kappa shape index (κ3) is 5.11. The van der Waals surface area contributed by atoms with Gasteiger partial charge < -0.3 is 10.6 Å². The van der Waals surface area contributed by atoms with E-state index in [0.717, 1.165) is 22.4 Å². The molecule has 0 spiro atoms. The van der Waals surface area contributed by atoms with Crippen LogP contribution in [0.5, 0.6) is 0 Å². The molecule has 0 aromatic carbocycles. The normalized spacial score (nSPS) is 12.0. The summed E-state index contributed by atoms with van der Waals surface area (Å²) in [6, 6.07) is 3.34. The summed E-state index contributed by atoms with van der Waals surface area (Å²) in [6.07, 6.45) is 2.51. The van der Waals surface area contributed by atoms with Crippen molar-refractivity contribution in [3.05, 3.63) is 23.4 Å². The Morgan fingerprint density at radius 3 is 2.95 bits per heavy atom. The number of anilines is 2. The van der Waals surface area contributed by atoms with Gasteiger partial charge in [0, 0.05) is 12.7 Å². The first kappa shape index (κ1) is 17.0. The molecule has 9 heteroatoms. The fraction of sp³-hybridized carbons (Fsp3) is 0.385. The molecule has 1 unspecified atom stereocenters. The van der Waals surface area contributed by atoms with E-state index in [2.05, 4.69) is 32.7 Å².